The molecule has 0 unspecified atom stereocenters. The van der Waals surface area contributed by atoms with E-state index in [1.165, 1.54) is 0 Å². The molecule has 0 bridgehead atoms. The van der Waals surface area contributed by atoms with Gasteiger partial charge in [0.25, 0.3) is 5.92 Å². The monoisotopic (exact) mass is 428 g/mol. The number of hydrogen-bond donors (Lipinski definition) is 2. The fraction of sp³-hybridized carbons (Fsp3) is 0.391. The minimum atomic E-state index is -2.51. The number of nitrogens with one attached hydrogen (secondary N) is 2. The molecule has 8 heteroatoms. The zero-order valence-corrected chi connectivity index (χ0v) is 17.2. The number of rotatable bonds is 6. The summed E-state index contributed by atoms with van der Waals surface area (Å²) in [6, 6.07) is 15.3. The van der Waals surface area contributed by atoms with Crippen LogP contribution in [0.15, 0.2) is 48.5 Å². The van der Waals surface area contributed by atoms with Gasteiger partial charge >= 0.3 is 6.03 Å². The van der Waals surface area contributed by atoms with E-state index < -0.39 is 12.0 Å². The normalized spacial score (nSPS) is 19.2. The van der Waals surface area contributed by atoms with Gasteiger partial charge in [-0.05, 0) is 35.4 Å². The average molecular weight is 428 g/mol. The Morgan fingerprint density at radius 3 is 2.19 bits per heavy atom. The van der Waals surface area contributed by atoms with Gasteiger partial charge in [0, 0.05) is 63.4 Å². The van der Waals surface area contributed by atoms with Crippen LogP contribution in [0.2, 0.25) is 0 Å². The Labute approximate surface area is 180 Å². The third kappa shape index (κ3) is 5.58. The predicted octanol–water partition coefficient (Wildman–Crippen LogP) is 3.98. The van der Waals surface area contributed by atoms with Crippen molar-refractivity contribution in [3.8, 4) is 0 Å². The maximum Gasteiger partial charge on any atom is 0.328 e. The molecule has 2 aromatic carbocycles. The van der Waals surface area contributed by atoms with Crippen molar-refractivity contribution in [2.24, 2.45) is 0 Å². The van der Waals surface area contributed by atoms with Crippen molar-refractivity contribution in [1.82, 2.24) is 10.2 Å². The Hall–Kier alpha value is -3.00. The molecule has 0 saturated carbocycles. The SMILES string of the molecule is O=C1CCN(c2ccc(NCc3ccc(CN4CCC(F)(F)CC4)cc3)cc2)C(=O)N1. The Kier molecular flexibility index (Phi) is 6.18. The molecule has 2 fully saturated rings. The number of carbonyl (C=O) groups is 2. The number of urea groups is 1. The molecule has 4 rings (SSSR count). The number of piperidine rings is 1. The molecule has 2 heterocycles. The highest BCUT2D eigenvalue weighted by Crippen LogP contribution is 2.28. The Bertz CT molecular complexity index is 922. The fourth-order valence-electron chi connectivity index (χ4n) is 3.83. The molecule has 0 spiro atoms. The smallest absolute Gasteiger partial charge is 0.328 e. The van der Waals surface area contributed by atoms with E-state index in [1.54, 1.807) is 4.90 Å². The van der Waals surface area contributed by atoms with Gasteiger partial charge in [0.2, 0.25) is 5.91 Å². The number of nitrogens with zero attached hydrogens (tertiary/aromatic N) is 2. The highest BCUT2D eigenvalue weighted by atomic mass is 19.3. The van der Waals surface area contributed by atoms with Gasteiger partial charge in [0.15, 0.2) is 0 Å². The van der Waals surface area contributed by atoms with Crippen LogP contribution in [-0.4, -0.2) is 42.4 Å². The van der Waals surface area contributed by atoms with Crippen LogP contribution < -0.4 is 15.5 Å². The molecule has 0 aromatic heterocycles. The summed E-state index contributed by atoms with van der Waals surface area (Å²) in [7, 11) is 0. The van der Waals surface area contributed by atoms with E-state index in [0.717, 1.165) is 22.5 Å². The molecule has 31 heavy (non-hydrogen) atoms. The average Bonchev–Trinajstić information content (AvgIpc) is 2.75. The number of halogens is 2. The molecule has 2 aromatic rings. The molecular formula is C23H26F2N4O2. The van der Waals surface area contributed by atoms with E-state index in [1.807, 2.05) is 48.5 Å². The van der Waals surface area contributed by atoms with Gasteiger partial charge in [-0.3, -0.25) is 19.9 Å². The van der Waals surface area contributed by atoms with Gasteiger partial charge < -0.3 is 5.32 Å². The first-order valence-electron chi connectivity index (χ1n) is 10.5. The molecule has 2 aliphatic heterocycles. The molecule has 2 aliphatic rings. The molecule has 164 valence electrons. The molecule has 0 atom stereocenters. The van der Waals surface area contributed by atoms with Gasteiger partial charge in [-0.2, -0.15) is 0 Å². The van der Waals surface area contributed by atoms with Crippen LogP contribution in [-0.2, 0) is 17.9 Å². The van der Waals surface area contributed by atoms with Crippen molar-refractivity contribution in [2.75, 3.05) is 29.9 Å². The third-order valence-corrected chi connectivity index (χ3v) is 5.75. The summed E-state index contributed by atoms with van der Waals surface area (Å²) in [6.45, 7) is 2.59. The lowest BCUT2D eigenvalue weighted by molar-refractivity contribution is -0.120. The number of likely N-dealkylation sites (tertiary alicyclic amines) is 1. The highest BCUT2D eigenvalue weighted by Gasteiger charge is 2.33. The van der Waals surface area contributed by atoms with Crippen LogP contribution in [0.1, 0.15) is 30.4 Å². The number of benzene rings is 2. The van der Waals surface area contributed by atoms with E-state index >= 15 is 0 Å². The van der Waals surface area contributed by atoms with E-state index in [4.69, 9.17) is 0 Å². The minimum Gasteiger partial charge on any atom is -0.381 e. The molecule has 2 N–H and O–H groups in total. The van der Waals surface area contributed by atoms with Crippen LogP contribution in [0.3, 0.4) is 0 Å². The largest absolute Gasteiger partial charge is 0.381 e. The summed E-state index contributed by atoms with van der Waals surface area (Å²) in [4.78, 5) is 26.8. The van der Waals surface area contributed by atoms with E-state index in [2.05, 4.69) is 15.5 Å². The number of hydrogen-bond acceptors (Lipinski definition) is 4. The van der Waals surface area contributed by atoms with Crippen molar-refractivity contribution in [3.05, 3.63) is 59.7 Å². The standard InChI is InChI=1S/C23H26F2N4O2/c24-23(25)10-13-28(14-11-23)16-18-3-1-17(2-4-18)15-26-19-5-7-20(8-6-19)29-12-9-21(30)27-22(29)31/h1-8,26H,9-16H2,(H,27,30,31). The lowest BCUT2D eigenvalue weighted by Crippen LogP contribution is -2.49. The molecular weight excluding hydrogens is 402 g/mol. The molecule has 3 amide bonds. The second-order valence-corrected chi connectivity index (χ2v) is 8.10. The van der Waals surface area contributed by atoms with Gasteiger partial charge in [0.05, 0.1) is 0 Å². The zero-order chi connectivity index (χ0) is 21.8. The number of imide groups is 1. The van der Waals surface area contributed by atoms with Gasteiger partial charge in [0.1, 0.15) is 0 Å². The van der Waals surface area contributed by atoms with Crippen molar-refractivity contribution < 1.29 is 18.4 Å². The predicted molar refractivity (Wildman–Crippen MR) is 115 cm³/mol. The van der Waals surface area contributed by atoms with Crippen LogP contribution in [0.5, 0.6) is 0 Å². The summed E-state index contributed by atoms with van der Waals surface area (Å²) < 4.78 is 26.6. The van der Waals surface area contributed by atoms with Gasteiger partial charge in [-0.15, -0.1) is 0 Å². The summed E-state index contributed by atoms with van der Waals surface area (Å²) in [6.07, 6.45) is 0.175. The second-order valence-electron chi connectivity index (χ2n) is 8.10. The Morgan fingerprint density at radius 1 is 0.903 bits per heavy atom. The van der Waals surface area contributed by atoms with E-state index in [9.17, 15) is 18.4 Å². The molecule has 2 saturated heterocycles. The quantitative estimate of drug-likeness (QED) is 0.731. The Balaban J connectivity index is 1.26. The number of alkyl halides is 2. The number of anilines is 2. The second kappa shape index (κ2) is 9.01. The van der Waals surface area contributed by atoms with Gasteiger partial charge in [-0.25, -0.2) is 13.6 Å². The first-order chi connectivity index (χ1) is 14.9. The van der Waals surface area contributed by atoms with Gasteiger partial charge in [-0.1, -0.05) is 24.3 Å². The van der Waals surface area contributed by atoms with Crippen LogP contribution in [0.25, 0.3) is 0 Å². The summed E-state index contributed by atoms with van der Waals surface area (Å²) in [5.41, 5.74) is 3.91. The molecule has 0 radical (unpaired) electrons. The van der Waals surface area contributed by atoms with Crippen LogP contribution in [0, 0.1) is 0 Å². The lowest BCUT2D eigenvalue weighted by atomic mass is 10.1. The summed E-state index contributed by atoms with van der Waals surface area (Å²) >= 11 is 0. The van der Waals surface area contributed by atoms with Crippen molar-refractivity contribution in [3.63, 3.8) is 0 Å². The third-order valence-electron chi connectivity index (χ3n) is 5.75. The first-order valence-corrected chi connectivity index (χ1v) is 10.5. The van der Waals surface area contributed by atoms with Crippen molar-refractivity contribution in [1.29, 1.82) is 0 Å². The summed E-state index contributed by atoms with van der Waals surface area (Å²) in [5, 5.41) is 5.67. The molecule has 6 nitrogen and oxygen atoms in total. The first kappa shape index (κ1) is 21.2. The zero-order valence-electron chi connectivity index (χ0n) is 17.2. The highest BCUT2D eigenvalue weighted by molar-refractivity contribution is 6.05. The minimum absolute atomic E-state index is 0.0612. The van der Waals surface area contributed by atoms with Crippen LogP contribution >= 0.6 is 0 Å². The maximum absolute atomic E-state index is 13.3. The van der Waals surface area contributed by atoms with Crippen molar-refractivity contribution >= 4 is 23.3 Å². The number of carbonyl (C=O) groups excluding carboxylic acids is 2. The summed E-state index contributed by atoms with van der Waals surface area (Å²) in [5.74, 6) is -2.76. The van der Waals surface area contributed by atoms with Crippen molar-refractivity contribution in [2.45, 2.75) is 38.3 Å². The molecule has 0 aliphatic carbocycles. The van der Waals surface area contributed by atoms with Crippen LogP contribution in [0.4, 0.5) is 25.0 Å². The maximum atomic E-state index is 13.3. The number of amides is 3. The Morgan fingerprint density at radius 2 is 1.55 bits per heavy atom. The van der Waals surface area contributed by atoms with E-state index in [0.29, 0.717) is 39.1 Å². The van der Waals surface area contributed by atoms with E-state index in [-0.39, 0.29) is 18.7 Å². The lowest BCUT2D eigenvalue weighted by Gasteiger charge is -2.31. The fourth-order valence-corrected chi connectivity index (χ4v) is 3.83. The topological polar surface area (TPSA) is 64.7 Å².